The van der Waals surface area contributed by atoms with Gasteiger partial charge in [-0.1, -0.05) is 18.2 Å². The molecule has 0 bridgehead atoms. The Balaban J connectivity index is 1.94. The SMILES string of the molecule is C[C@]1(O)CN(C(=O)CCC(=O)O)CC[C@@H]1Oc1ccccc1. The van der Waals surface area contributed by atoms with E-state index in [2.05, 4.69) is 0 Å². The van der Waals surface area contributed by atoms with E-state index in [9.17, 15) is 14.7 Å². The summed E-state index contributed by atoms with van der Waals surface area (Å²) in [7, 11) is 0. The molecule has 2 N–H and O–H groups in total. The number of aliphatic hydroxyl groups is 1. The second-order valence-corrected chi connectivity index (χ2v) is 5.77. The van der Waals surface area contributed by atoms with Gasteiger partial charge in [-0.25, -0.2) is 0 Å². The van der Waals surface area contributed by atoms with Crippen molar-refractivity contribution in [2.75, 3.05) is 13.1 Å². The van der Waals surface area contributed by atoms with Gasteiger partial charge in [0, 0.05) is 19.4 Å². The Hall–Kier alpha value is -2.08. The van der Waals surface area contributed by atoms with Crippen LogP contribution in [0.4, 0.5) is 0 Å². The Bertz CT molecular complexity index is 529. The zero-order valence-electron chi connectivity index (χ0n) is 12.6. The zero-order chi connectivity index (χ0) is 16.2. The molecule has 1 heterocycles. The molecule has 6 nitrogen and oxygen atoms in total. The van der Waals surface area contributed by atoms with Gasteiger partial charge in [0.25, 0.3) is 0 Å². The van der Waals surface area contributed by atoms with Gasteiger partial charge in [0.05, 0.1) is 13.0 Å². The lowest BCUT2D eigenvalue weighted by atomic mass is 9.91. The molecule has 1 saturated heterocycles. The first-order valence-corrected chi connectivity index (χ1v) is 7.32. The van der Waals surface area contributed by atoms with Crippen LogP contribution in [0.15, 0.2) is 30.3 Å². The van der Waals surface area contributed by atoms with Gasteiger partial charge in [-0.2, -0.15) is 0 Å². The number of likely N-dealkylation sites (tertiary alicyclic amines) is 1. The van der Waals surface area contributed by atoms with Crippen LogP contribution >= 0.6 is 0 Å². The van der Waals surface area contributed by atoms with Crippen LogP contribution in [0.1, 0.15) is 26.2 Å². The number of amides is 1. The maximum Gasteiger partial charge on any atom is 0.303 e. The topological polar surface area (TPSA) is 87.1 Å². The van der Waals surface area contributed by atoms with E-state index in [0.717, 1.165) is 0 Å². The number of nitrogens with zero attached hydrogens (tertiary/aromatic N) is 1. The Morgan fingerprint density at radius 3 is 2.59 bits per heavy atom. The van der Waals surface area contributed by atoms with Gasteiger partial charge >= 0.3 is 5.97 Å². The molecule has 0 saturated carbocycles. The summed E-state index contributed by atoms with van der Waals surface area (Å²) in [6.45, 7) is 2.23. The van der Waals surface area contributed by atoms with Gasteiger partial charge in [0.2, 0.25) is 5.91 Å². The maximum atomic E-state index is 12.0. The quantitative estimate of drug-likeness (QED) is 0.856. The lowest BCUT2D eigenvalue weighted by Gasteiger charge is -2.42. The summed E-state index contributed by atoms with van der Waals surface area (Å²) < 4.78 is 5.81. The predicted molar refractivity (Wildman–Crippen MR) is 79.5 cm³/mol. The average Bonchev–Trinajstić information content (AvgIpc) is 2.47. The van der Waals surface area contributed by atoms with Crippen molar-refractivity contribution in [2.24, 2.45) is 0 Å². The van der Waals surface area contributed by atoms with Gasteiger partial charge in [-0.15, -0.1) is 0 Å². The fourth-order valence-corrected chi connectivity index (χ4v) is 2.59. The number of benzene rings is 1. The van der Waals surface area contributed by atoms with Crippen LogP contribution in [-0.4, -0.2) is 51.8 Å². The third-order valence-electron chi connectivity index (χ3n) is 3.79. The van der Waals surface area contributed by atoms with E-state index in [1.807, 2.05) is 30.3 Å². The monoisotopic (exact) mass is 307 g/mol. The summed E-state index contributed by atoms with van der Waals surface area (Å²) >= 11 is 0. The number of carboxylic acids is 1. The fraction of sp³-hybridized carbons (Fsp3) is 0.500. The molecular formula is C16H21NO5. The number of aliphatic carboxylic acids is 1. The normalized spacial score (nSPS) is 24.8. The van der Waals surface area contributed by atoms with Crippen molar-refractivity contribution in [2.45, 2.75) is 37.9 Å². The van der Waals surface area contributed by atoms with Gasteiger partial charge in [-0.3, -0.25) is 9.59 Å². The van der Waals surface area contributed by atoms with Gasteiger partial charge < -0.3 is 19.8 Å². The number of carbonyl (C=O) groups excluding carboxylic acids is 1. The maximum absolute atomic E-state index is 12.0. The first kappa shape index (κ1) is 16.3. The first-order valence-electron chi connectivity index (χ1n) is 7.32. The molecule has 22 heavy (non-hydrogen) atoms. The molecule has 1 aliphatic rings. The molecule has 0 aliphatic carbocycles. The predicted octanol–water partition coefficient (Wildman–Crippen LogP) is 1.28. The van der Waals surface area contributed by atoms with Crippen molar-refractivity contribution in [3.8, 4) is 5.75 Å². The van der Waals surface area contributed by atoms with Crippen molar-refractivity contribution in [3.63, 3.8) is 0 Å². The molecule has 1 amide bonds. The first-order chi connectivity index (χ1) is 10.4. The molecule has 1 aromatic carbocycles. The minimum atomic E-state index is -1.17. The molecule has 0 radical (unpaired) electrons. The van der Waals surface area contributed by atoms with Gasteiger partial charge in [0.1, 0.15) is 17.5 Å². The van der Waals surface area contributed by atoms with Crippen molar-refractivity contribution >= 4 is 11.9 Å². The van der Waals surface area contributed by atoms with Crippen molar-refractivity contribution in [1.29, 1.82) is 0 Å². The zero-order valence-corrected chi connectivity index (χ0v) is 12.6. The van der Waals surface area contributed by atoms with Crippen molar-refractivity contribution < 1.29 is 24.5 Å². The van der Waals surface area contributed by atoms with E-state index in [4.69, 9.17) is 9.84 Å². The van der Waals surface area contributed by atoms with E-state index >= 15 is 0 Å². The highest BCUT2D eigenvalue weighted by atomic mass is 16.5. The smallest absolute Gasteiger partial charge is 0.303 e. The summed E-state index contributed by atoms with van der Waals surface area (Å²) in [5.41, 5.74) is -1.17. The molecule has 120 valence electrons. The number of para-hydroxylation sites is 1. The molecule has 1 aromatic rings. The number of ether oxygens (including phenoxy) is 1. The molecule has 6 heteroatoms. The van der Waals surface area contributed by atoms with E-state index in [1.165, 1.54) is 4.90 Å². The van der Waals surface area contributed by atoms with Crippen molar-refractivity contribution in [1.82, 2.24) is 4.90 Å². The number of carboxylic acid groups (broad SMARTS) is 1. The average molecular weight is 307 g/mol. The number of rotatable bonds is 5. The minimum absolute atomic E-state index is 0.0460. The molecule has 1 fully saturated rings. The lowest BCUT2D eigenvalue weighted by molar-refractivity contribution is -0.148. The van der Waals surface area contributed by atoms with Gasteiger partial charge in [0.15, 0.2) is 0 Å². The van der Waals surface area contributed by atoms with Crippen molar-refractivity contribution in [3.05, 3.63) is 30.3 Å². The molecular weight excluding hydrogens is 286 g/mol. The van der Waals surface area contributed by atoms with Crippen LogP contribution in [0.5, 0.6) is 5.75 Å². The van der Waals surface area contributed by atoms with E-state index in [1.54, 1.807) is 6.92 Å². The van der Waals surface area contributed by atoms with E-state index in [0.29, 0.717) is 18.7 Å². The molecule has 2 atom stereocenters. The largest absolute Gasteiger partial charge is 0.487 e. The number of β-amino-alcohol motifs (C(OH)–C–C–N with tert-alkyl or cyclic N) is 1. The third kappa shape index (κ3) is 4.21. The molecule has 1 aliphatic heterocycles. The number of piperidine rings is 1. The fourth-order valence-electron chi connectivity index (χ4n) is 2.59. The molecule has 0 spiro atoms. The summed E-state index contributed by atoms with van der Waals surface area (Å²) in [5.74, 6) is -0.568. The summed E-state index contributed by atoms with van der Waals surface area (Å²) in [4.78, 5) is 24.0. The Labute approximate surface area is 129 Å². The highest BCUT2D eigenvalue weighted by molar-refractivity contribution is 5.80. The summed E-state index contributed by atoms with van der Waals surface area (Å²) in [5, 5.41) is 19.2. The van der Waals surface area contributed by atoms with E-state index in [-0.39, 0.29) is 25.3 Å². The van der Waals surface area contributed by atoms with E-state index < -0.39 is 17.7 Å². The Morgan fingerprint density at radius 2 is 2.00 bits per heavy atom. The third-order valence-corrected chi connectivity index (χ3v) is 3.79. The lowest BCUT2D eigenvalue weighted by Crippen LogP contribution is -2.58. The van der Waals surface area contributed by atoms with Crippen LogP contribution in [-0.2, 0) is 9.59 Å². The Kier molecular flexibility index (Phi) is 5.03. The highest BCUT2D eigenvalue weighted by Gasteiger charge is 2.41. The van der Waals surface area contributed by atoms with Crippen LogP contribution in [0.3, 0.4) is 0 Å². The van der Waals surface area contributed by atoms with Gasteiger partial charge in [-0.05, 0) is 19.1 Å². The standard InChI is InChI=1S/C16H21NO5/c1-16(21)11-17(14(18)7-8-15(19)20)10-9-13(16)22-12-5-3-2-4-6-12/h2-6,13,21H,7-11H2,1H3,(H,19,20)/t13-,16-/m0/s1. The molecule has 0 aromatic heterocycles. The second-order valence-electron chi connectivity index (χ2n) is 5.77. The van der Waals surface area contributed by atoms with Crippen LogP contribution < -0.4 is 4.74 Å². The highest BCUT2D eigenvalue weighted by Crippen LogP contribution is 2.26. The van der Waals surface area contributed by atoms with Crippen LogP contribution in [0.2, 0.25) is 0 Å². The number of carbonyl (C=O) groups is 2. The van der Waals surface area contributed by atoms with Crippen LogP contribution in [0, 0.1) is 0 Å². The Morgan fingerprint density at radius 1 is 1.32 bits per heavy atom. The summed E-state index contributed by atoms with van der Waals surface area (Å²) in [6, 6.07) is 9.23. The summed E-state index contributed by atoms with van der Waals surface area (Å²) in [6.07, 6.45) is -0.143. The number of hydrogen-bond donors (Lipinski definition) is 2. The minimum Gasteiger partial charge on any atom is -0.487 e. The second kappa shape index (κ2) is 6.79. The van der Waals surface area contributed by atoms with Crippen LogP contribution in [0.25, 0.3) is 0 Å². The molecule has 0 unspecified atom stereocenters. The number of hydrogen-bond acceptors (Lipinski definition) is 4. The molecule has 2 rings (SSSR count).